The first kappa shape index (κ1) is 17.7. The molecule has 1 aromatic carbocycles. The molecule has 1 amide bonds. The first-order valence-corrected chi connectivity index (χ1v) is 10.0. The van der Waals surface area contributed by atoms with Gasteiger partial charge in [0.1, 0.15) is 16.5 Å². The molecule has 4 rings (SSSR count). The molecule has 0 atom stereocenters. The summed E-state index contributed by atoms with van der Waals surface area (Å²) in [7, 11) is 0. The van der Waals surface area contributed by atoms with E-state index in [4.69, 9.17) is 0 Å². The third kappa shape index (κ3) is 3.85. The molecule has 0 saturated carbocycles. The van der Waals surface area contributed by atoms with Gasteiger partial charge in [-0.1, -0.05) is 12.1 Å². The number of hydrogen-bond acceptors (Lipinski definition) is 5. The number of anilines is 2. The van der Waals surface area contributed by atoms with E-state index in [0.29, 0.717) is 5.69 Å². The number of carbonyl (C=O) groups is 1. The van der Waals surface area contributed by atoms with Crippen molar-refractivity contribution in [2.24, 2.45) is 0 Å². The van der Waals surface area contributed by atoms with E-state index in [1.807, 2.05) is 50.4 Å². The van der Waals surface area contributed by atoms with Gasteiger partial charge in [-0.2, -0.15) is 0 Å². The minimum atomic E-state index is -0.187. The lowest BCUT2D eigenvalue weighted by Crippen LogP contribution is -2.18. The number of benzene rings is 1. The number of hydrogen-bond donors (Lipinski definition) is 1. The van der Waals surface area contributed by atoms with Crippen LogP contribution < -0.4 is 10.2 Å². The number of thiazole rings is 1. The summed E-state index contributed by atoms with van der Waals surface area (Å²) in [4.78, 5) is 23.9. The fraction of sp³-hybridized carbons (Fsp3) is 0.286. The highest BCUT2D eigenvalue weighted by molar-refractivity contribution is 7.13. The van der Waals surface area contributed by atoms with E-state index in [2.05, 4.69) is 20.2 Å². The summed E-state index contributed by atoms with van der Waals surface area (Å²) in [6.07, 6.45) is 4.31. The van der Waals surface area contributed by atoms with Crippen LogP contribution in [0.1, 0.15) is 34.5 Å². The topological polar surface area (TPSA) is 58.1 Å². The quantitative estimate of drug-likeness (QED) is 0.716. The number of rotatable bonds is 4. The second-order valence-electron chi connectivity index (χ2n) is 6.91. The van der Waals surface area contributed by atoms with E-state index in [-0.39, 0.29) is 5.91 Å². The second kappa shape index (κ2) is 7.48. The lowest BCUT2D eigenvalue weighted by atomic mass is 10.1. The number of pyridine rings is 1. The van der Waals surface area contributed by atoms with Gasteiger partial charge in [0.15, 0.2) is 0 Å². The fourth-order valence-electron chi connectivity index (χ4n) is 3.21. The van der Waals surface area contributed by atoms with Crippen molar-refractivity contribution in [3.8, 4) is 10.6 Å². The van der Waals surface area contributed by atoms with Gasteiger partial charge in [0.25, 0.3) is 5.91 Å². The average Bonchev–Trinajstić information content (AvgIpc) is 3.37. The highest BCUT2D eigenvalue weighted by Crippen LogP contribution is 2.26. The first-order valence-electron chi connectivity index (χ1n) is 9.16. The summed E-state index contributed by atoms with van der Waals surface area (Å²) in [5.41, 5.74) is 4.34. The molecule has 1 saturated heterocycles. The van der Waals surface area contributed by atoms with Gasteiger partial charge < -0.3 is 10.2 Å². The van der Waals surface area contributed by atoms with Crippen LogP contribution in [-0.2, 0) is 0 Å². The molecule has 0 spiro atoms. The molecule has 0 radical (unpaired) electrons. The van der Waals surface area contributed by atoms with E-state index in [0.717, 1.165) is 46.3 Å². The van der Waals surface area contributed by atoms with Crippen LogP contribution in [0.15, 0.2) is 41.9 Å². The van der Waals surface area contributed by atoms with Gasteiger partial charge in [-0.3, -0.25) is 4.79 Å². The Hall–Kier alpha value is -2.73. The van der Waals surface area contributed by atoms with E-state index in [1.54, 1.807) is 5.38 Å². The van der Waals surface area contributed by atoms with Crippen LogP contribution in [0.3, 0.4) is 0 Å². The third-order valence-corrected chi connectivity index (χ3v) is 5.69. The summed E-state index contributed by atoms with van der Waals surface area (Å²) < 4.78 is 0. The molecule has 0 aliphatic carbocycles. The second-order valence-corrected chi connectivity index (χ2v) is 7.77. The first-order chi connectivity index (χ1) is 13.1. The maximum Gasteiger partial charge on any atom is 0.275 e. The highest BCUT2D eigenvalue weighted by Gasteiger charge is 2.16. The van der Waals surface area contributed by atoms with Gasteiger partial charge in [0.2, 0.25) is 0 Å². The largest absolute Gasteiger partial charge is 0.357 e. The molecule has 1 N–H and O–H groups in total. The van der Waals surface area contributed by atoms with Crippen LogP contribution in [0.4, 0.5) is 11.5 Å². The Kier molecular flexibility index (Phi) is 4.90. The third-order valence-electron chi connectivity index (χ3n) is 4.80. The molecule has 1 fully saturated rings. The monoisotopic (exact) mass is 378 g/mol. The van der Waals surface area contributed by atoms with Gasteiger partial charge in [-0.25, -0.2) is 9.97 Å². The summed E-state index contributed by atoms with van der Waals surface area (Å²) in [6.45, 7) is 6.14. The maximum atomic E-state index is 12.6. The fourth-order valence-corrected chi connectivity index (χ4v) is 4.00. The van der Waals surface area contributed by atoms with E-state index < -0.39 is 0 Å². The zero-order valence-electron chi connectivity index (χ0n) is 15.5. The van der Waals surface area contributed by atoms with Crippen molar-refractivity contribution in [2.45, 2.75) is 26.7 Å². The van der Waals surface area contributed by atoms with Crippen molar-refractivity contribution >= 4 is 28.7 Å². The van der Waals surface area contributed by atoms with Crippen molar-refractivity contribution < 1.29 is 4.79 Å². The summed E-state index contributed by atoms with van der Waals surface area (Å²) in [5, 5.41) is 5.56. The van der Waals surface area contributed by atoms with E-state index >= 15 is 0 Å². The Morgan fingerprint density at radius 3 is 2.70 bits per heavy atom. The molecule has 3 aromatic rings. The summed E-state index contributed by atoms with van der Waals surface area (Å²) >= 11 is 1.46. The van der Waals surface area contributed by atoms with Crippen LogP contribution in [0.25, 0.3) is 10.6 Å². The number of nitrogens with one attached hydrogen (secondary N) is 1. The Bertz CT molecular complexity index is 959. The zero-order chi connectivity index (χ0) is 18.8. The van der Waals surface area contributed by atoms with Crippen LogP contribution in [-0.4, -0.2) is 29.0 Å². The minimum Gasteiger partial charge on any atom is -0.357 e. The van der Waals surface area contributed by atoms with E-state index in [1.165, 1.54) is 24.2 Å². The highest BCUT2D eigenvalue weighted by atomic mass is 32.1. The Morgan fingerprint density at radius 1 is 1.15 bits per heavy atom. The predicted molar refractivity (Wildman–Crippen MR) is 111 cm³/mol. The van der Waals surface area contributed by atoms with Crippen LogP contribution in [0, 0.1) is 13.8 Å². The normalized spacial score (nSPS) is 13.8. The van der Waals surface area contributed by atoms with Gasteiger partial charge in [-0.05, 0) is 56.0 Å². The lowest BCUT2D eigenvalue weighted by Gasteiger charge is -2.15. The lowest BCUT2D eigenvalue weighted by molar-refractivity contribution is 0.102. The van der Waals surface area contributed by atoms with Crippen molar-refractivity contribution in [1.29, 1.82) is 0 Å². The number of nitrogens with zero attached hydrogens (tertiary/aromatic N) is 3. The number of carbonyl (C=O) groups excluding carboxylic acids is 1. The molecule has 5 nitrogen and oxygen atoms in total. The van der Waals surface area contributed by atoms with Gasteiger partial charge in [-0.15, -0.1) is 11.3 Å². The maximum absolute atomic E-state index is 12.6. The molecule has 1 aliphatic heterocycles. The van der Waals surface area contributed by atoms with Gasteiger partial charge in [0.05, 0.1) is 0 Å². The number of aromatic nitrogens is 2. The van der Waals surface area contributed by atoms with Crippen LogP contribution >= 0.6 is 11.3 Å². The van der Waals surface area contributed by atoms with Crippen molar-refractivity contribution in [3.63, 3.8) is 0 Å². The molecule has 0 unspecified atom stereocenters. The summed E-state index contributed by atoms with van der Waals surface area (Å²) in [5.74, 6) is 0.827. The van der Waals surface area contributed by atoms with Crippen LogP contribution in [0.2, 0.25) is 0 Å². The Labute approximate surface area is 163 Å². The average molecular weight is 379 g/mol. The molecule has 27 heavy (non-hydrogen) atoms. The number of amides is 1. The van der Waals surface area contributed by atoms with Crippen molar-refractivity contribution in [2.75, 3.05) is 23.3 Å². The standard InChI is InChI=1S/C21H22N4OS/c1-14-5-6-15(2)17(11-14)23-20(26)18-13-27-21(24-18)16-7-8-19(22-12-16)25-9-3-4-10-25/h5-8,11-13H,3-4,9-10H2,1-2H3,(H,23,26). The van der Waals surface area contributed by atoms with Gasteiger partial charge >= 0.3 is 0 Å². The van der Waals surface area contributed by atoms with Crippen molar-refractivity contribution in [1.82, 2.24) is 9.97 Å². The predicted octanol–water partition coefficient (Wildman–Crippen LogP) is 4.67. The van der Waals surface area contributed by atoms with E-state index in [9.17, 15) is 4.79 Å². The summed E-state index contributed by atoms with van der Waals surface area (Å²) in [6, 6.07) is 10.1. The molecule has 6 heteroatoms. The Balaban J connectivity index is 1.49. The molecule has 0 bridgehead atoms. The molecular formula is C21H22N4OS. The molecule has 2 aromatic heterocycles. The molecule has 1 aliphatic rings. The van der Waals surface area contributed by atoms with Gasteiger partial charge in [0, 0.05) is 35.9 Å². The van der Waals surface area contributed by atoms with Crippen molar-refractivity contribution in [3.05, 3.63) is 58.7 Å². The van der Waals surface area contributed by atoms with Crippen LogP contribution in [0.5, 0.6) is 0 Å². The molecule has 3 heterocycles. The molecular weight excluding hydrogens is 356 g/mol. The SMILES string of the molecule is Cc1ccc(C)c(NC(=O)c2csc(-c3ccc(N4CCCC4)nc3)n2)c1. The number of aryl methyl sites for hydroxylation is 2. The Morgan fingerprint density at radius 2 is 1.96 bits per heavy atom. The minimum absolute atomic E-state index is 0.187. The smallest absolute Gasteiger partial charge is 0.275 e. The molecule has 138 valence electrons. The zero-order valence-corrected chi connectivity index (χ0v) is 16.3.